The van der Waals surface area contributed by atoms with Gasteiger partial charge in [-0.05, 0) is 141 Å². The van der Waals surface area contributed by atoms with Crippen molar-refractivity contribution in [1.29, 1.82) is 0 Å². The highest BCUT2D eigenvalue weighted by molar-refractivity contribution is 8.76. The molecule has 52 heavy (non-hydrogen) atoms. The van der Waals surface area contributed by atoms with Crippen LogP contribution in [0.2, 0.25) is 6.32 Å². The fourth-order valence-corrected chi connectivity index (χ4v) is 12.5. The molecule has 4 fully saturated rings. The van der Waals surface area contributed by atoms with Gasteiger partial charge in [0.25, 0.3) is 0 Å². The molecule has 0 bridgehead atoms. The molecule has 0 N–H and O–H groups in total. The van der Waals surface area contributed by atoms with Gasteiger partial charge in [-0.15, -0.1) is 0 Å². The molecule has 1 aromatic rings. The summed E-state index contributed by atoms with van der Waals surface area (Å²) in [5, 5.41) is 0. The van der Waals surface area contributed by atoms with E-state index in [1.165, 1.54) is 23.1 Å². The van der Waals surface area contributed by atoms with Crippen molar-refractivity contribution in [3.8, 4) is 5.75 Å². The molecule has 6 unspecified atom stereocenters. The van der Waals surface area contributed by atoms with Crippen molar-refractivity contribution >= 4 is 29.4 Å². The molecular weight excluding hydrogens is 736 g/mol. The van der Waals surface area contributed by atoms with Gasteiger partial charge in [-0.3, -0.25) is 0 Å². The maximum absolute atomic E-state index is 13.3. The fourth-order valence-electron chi connectivity index (χ4n) is 9.98. The molecule has 0 radical (unpaired) electrons. The van der Waals surface area contributed by atoms with Crippen LogP contribution in [0, 0.1) is 23.2 Å². The van der Waals surface area contributed by atoms with Crippen LogP contribution in [0.4, 0.5) is 39.5 Å². The van der Waals surface area contributed by atoms with Crippen LogP contribution in [-0.2, 0) is 11.2 Å². The molecular formula is C37H49BF9NO2S2. The number of benzene rings is 1. The van der Waals surface area contributed by atoms with Gasteiger partial charge < -0.3 is 14.4 Å². The summed E-state index contributed by atoms with van der Waals surface area (Å²) in [7, 11) is 6.12. The lowest BCUT2D eigenvalue weighted by Crippen LogP contribution is -2.67. The number of ether oxygens (including phenoxy) is 2. The third-order valence-electron chi connectivity index (χ3n) is 12.9. The molecule has 0 aromatic heterocycles. The van der Waals surface area contributed by atoms with E-state index in [1.54, 1.807) is 0 Å². The van der Waals surface area contributed by atoms with E-state index in [9.17, 15) is 39.5 Å². The average Bonchev–Trinajstić information content (AvgIpc) is 3.38. The average molecular weight is 786 g/mol. The van der Waals surface area contributed by atoms with E-state index in [0.717, 1.165) is 100 Å². The highest BCUT2D eigenvalue weighted by atomic mass is 33.1. The van der Waals surface area contributed by atoms with E-state index >= 15 is 0 Å². The zero-order valence-corrected chi connectivity index (χ0v) is 31.5. The minimum Gasteiger partial charge on any atom is -0.441 e. The third-order valence-corrected chi connectivity index (χ3v) is 15.4. The quantitative estimate of drug-likeness (QED) is 0.0690. The van der Waals surface area contributed by atoms with Crippen LogP contribution in [0.5, 0.6) is 5.75 Å². The van der Waals surface area contributed by atoms with E-state index in [-0.39, 0.29) is 24.2 Å². The second kappa shape index (κ2) is 15.7. The molecule has 15 heteroatoms. The zero-order valence-electron chi connectivity index (χ0n) is 29.8. The largest absolute Gasteiger partial charge is 0.441 e. The highest BCUT2D eigenvalue weighted by Gasteiger charge is 2.85. The first kappa shape index (κ1) is 40.3. The first-order valence-corrected chi connectivity index (χ1v) is 21.4. The van der Waals surface area contributed by atoms with Crippen molar-refractivity contribution in [2.75, 3.05) is 24.7 Å². The van der Waals surface area contributed by atoms with Gasteiger partial charge in [-0.2, -0.15) is 39.5 Å². The number of halogens is 9. The van der Waals surface area contributed by atoms with Crippen LogP contribution in [0.25, 0.3) is 0 Å². The lowest BCUT2D eigenvalue weighted by atomic mass is 9.54. The molecule has 6 atom stereocenters. The SMILES string of the molecule is BCCCN(C(Oc1ccc2c(c1)CCC1C2CCC2(C)C(CCCOC(C(F)(F)F)(C(F)(F)F)C(F)(F)F)CCC12)=C1CCC1)C1CCSSC1. The van der Waals surface area contributed by atoms with E-state index in [4.69, 9.17) is 4.74 Å². The Balaban J connectivity index is 1.11. The van der Waals surface area contributed by atoms with Crippen LogP contribution < -0.4 is 4.74 Å². The van der Waals surface area contributed by atoms with Crippen molar-refractivity contribution in [2.45, 2.75) is 133 Å². The Hall–Kier alpha value is -1.35. The number of rotatable bonds is 12. The first-order valence-electron chi connectivity index (χ1n) is 18.9. The normalized spacial score (nSPS) is 29.5. The number of allylic oxidation sites excluding steroid dienone is 1. The van der Waals surface area contributed by atoms with Crippen LogP contribution in [-0.4, -0.2) is 67.6 Å². The molecule has 1 aliphatic heterocycles. The number of hydrogen-bond donors (Lipinski definition) is 0. The van der Waals surface area contributed by atoms with Crippen LogP contribution in [0.1, 0.15) is 101 Å². The standard InChI is InChI=1S/C37H49BF9NO2S2/c1-33-16-14-29-28-12-10-27(50-32(23-5-2-6-23)48(18-4-17-38)26-15-20-51-52-22-26)21-24(28)8-11-30(29)31(33)13-9-25(33)7-3-19-49-34(35(39,40)41,36(42,43)44)37(45,46)47/h10,12,21,25-26,29-31H,2-9,11,13-20,22,38H2,1H3. The molecule has 292 valence electrons. The number of aryl methyl sites for hydroxylation is 1. The highest BCUT2D eigenvalue weighted by Crippen LogP contribution is 2.64. The summed E-state index contributed by atoms with van der Waals surface area (Å²) in [6.07, 6.45) is -8.19. The van der Waals surface area contributed by atoms with Crippen molar-refractivity contribution in [3.05, 3.63) is 40.8 Å². The van der Waals surface area contributed by atoms with Crippen molar-refractivity contribution in [1.82, 2.24) is 4.90 Å². The summed E-state index contributed by atoms with van der Waals surface area (Å²) in [6, 6.07) is 7.03. The summed E-state index contributed by atoms with van der Waals surface area (Å²) in [4.78, 5) is 2.55. The second-order valence-corrected chi connectivity index (χ2v) is 18.3. The molecule has 0 amide bonds. The van der Waals surface area contributed by atoms with E-state index in [2.05, 4.69) is 42.6 Å². The van der Waals surface area contributed by atoms with Crippen LogP contribution >= 0.6 is 21.6 Å². The van der Waals surface area contributed by atoms with Gasteiger partial charge >= 0.3 is 24.1 Å². The zero-order chi connectivity index (χ0) is 37.5. The van der Waals surface area contributed by atoms with Gasteiger partial charge in [-0.1, -0.05) is 40.9 Å². The van der Waals surface area contributed by atoms with Gasteiger partial charge in [0, 0.05) is 30.7 Å². The van der Waals surface area contributed by atoms with Gasteiger partial charge in [0.1, 0.15) is 13.6 Å². The Morgan fingerprint density at radius 1 is 0.904 bits per heavy atom. The predicted octanol–water partition coefficient (Wildman–Crippen LogP) is 11.1. The topological polar surface area (TPSA) is 21.7 Å². The summed E-state index contributed by atoms with van der Waals surface area (Å²) >= 11 is 0. The molecule has 5 aliphatic rings. The Morgan fingerprint density at radius 3 is 2.25 bits per heavy atom. The number of nitrogens with zero attached hydrogens (tertiary/aromatic N) is 1. The molecule has 1 heterocycles. The lowest BCUT2D eigenvalue weighted by Gasteiger charge is -2.51. The van der Waals surface area contributed by atoms with Crippen molar-refractivity contribution in [3.63, 3.8) is 0 Å². The van der Waals surface area contributed by atoms with E-state index in [1.807, 2.05) is 21.6 Å². The number of fused-ring (bicyclic) bond motifs is 5. The third kappa shape index (κ3) is 7.59. The Bertz CT molecular complexity index is 1390. The van der Waals surface area contributed by atoms with Crippen LogP contribution in [0.15, 0.2) is 29.7 Å². The first-order chi connectivity index (χ1) is 24.5. The van der Waals surface area contributed by atoms with E-state index in [0.29, 0.717) is 23.8 Å². The molecule has 0 spiro atoms. The Kier molecular flexibility index (Phi) is 12.1. The minimum atomic E-state index is -6.70. The molecule has 1 aromatic carbocycles. The van der Waals surface area contributed by atoms with Crippen LogP contribution in [0.3, 0.4) is 0 Å². The number of alkyl halides is 9. The Labute approximate surface area is 309 Å². The Morgan fingerprint density at radius 2 is 1.63 bits per heavy atom. The molecule has 3 nitrogen and oxygen atoms in total. The van der Waals surface area contributed by atoms with Gasteiger partial charge in [0.15, 0.2) is 5.88 Å². The summed E-state index contributed by atoms with van der Waals surface area (Å²) in [5.41, 5.74) is -2.33. The van der Waals surface area contributed by atoms with E-state index < -0.39 is 30.7 Å². The second-order valence-electron chi connectivity index (χ2n) is 15.7. The fraction of sp³-hybridized carbons (Fsp3) is 0.784. The maximum atomic E-state index is 13.3. The van der Waals surface area contributed by atoms with Crippen molar-refractivity contribution < 1.29 is 49.0 Å². The molecule has 1 saturated heterocycles. The lowest BCUT2D eigenvalue weighted by molar-refractivity contribution is -0.457. The number of hydrogen-bond acceptors (Lipinski definition) is 5. The minimum absolute atomic E-state index is 0.00828. The monoisotopic (exact) mass is 785 g/mol. The maximum Gasteiger partial charge on any atom is 0.435 e. The van der Waals surface area contributed by atoms with Gasteiger partial charge in [0.05, 0.1) is 0 Å². The summed E-state index contributed by atoms with van der Waals surface area (Å²) in [6.45, 7) is 1.87. The van der Waals surface area contributed by atoms with Crippen molar-refractivity contribution in [2.24, 2.45) is 23.2 Å². The predicted molar refractivity (Wildman–Crippen MR) is 190 cm³/mol. The summed E-state index contributed by atoms with van der Waals surface area (Å²) < 4.78 is 131. The smallest absolute Gasteiger partial charge is 0.435 e. The van der Waals surface area contributed by atoms with Gasteiger partial charge in [0.2, 0.25) is 0 Å². The summed E-state index contributed by atoms with van der Waals surface area (Å²) in [5.74, 6) is 5.23. The molecule has 4 aliphatic carbocycles. The van der Waals surface area contributed by atoms with Gasteiger partial charge in [-0.25, -0.2) is 0 Å². The molecule has 3 saturated carbocycles. The molecule has 6 rings (SSSR count).